The first-order valence-electron chi connectivity index (χ1n) is 10.2. The first-order valence-corrected chi connectivity index (χ1v) is 11.9. The van der Waals surface area contributed by atoms with E-state index in [1.54, 1.807) is 0 Å². The van der Waals surface area contributed by atoms with Crippen molar-refractivity contribution in [1.82, 2.24) is 14.1 Å². The number of hydrogen-bond donors (Lipinski definition) is 0. The van der Waals surface area contributed by atoms with Crippen molar-refractivity contribution in [1.29, 1.82) is 0 Å². The van der Waals surface area contributed by atoms with Crippen LogP contribution in [0.25, 0.3) is 0 Å². The topological polar surface area (TPSA) is 30.5 Å². The zero-order chi connectivity index (χ0) is 19.5. The van der Waals surface area contributed by atoms with Crippen LogP contribution in [-0.2, 0) is 26.2 Å². The SMILES string of the molecule is c1ccc(P2CCn3cc[n+](c3)Cc3cccc(n3)C[n+]3ccn(c3)CC2)cc1. The molecule has 4 heterocycles. The molecular weight excluding hydrogens is 377 g/mol. The lowest BCUT2D eigenvalue weighted by molar-refractivity contribution is -0.689. The van der Waals surface area contributed by atoms with Gasteiger partial charge in [-0.1, -0.05) is 44.3 Å². The maximum Gasteiger partial charge on any atom is 0.244 e. The van der Waals surface area contributed by atoms with Gasteiger partial charge >= 0.3 is 0 Å². The summed E-state index contributed by atoms with van der Waals surface area (Å²) < 4.78 is 9.09. The quantitative estimate of drug-likeness (QED) is 0.354. The summed E-state index contributed by atoms with van der Waals surface area (Å²) in [5, 5.41) is 1.50. The Bertz CT molecular complexity index is 1020. The Kier molecular flexibility index (Phi) is 5.23. The van der Waals surface area contributed by atoms with Crippen molar-refractivity contribution in [2.45, 2.75) is 26.2 Å². The summed E-state index contributed by atoms with van der Waals surface area (Å²) in [4.78, 5) is 4.86. The monoisotopic (exact) mass is 403 g/mol. The molecular formula is C23H26N5P+2. The number of aryl methyl sites for hydroxylation is 2. The normalized spacial score (nSPS) is 15.3. The molecule has 1 aliphatic heterocycles. The van der Waals surface area contributed by atoms with Gasteiger partial charge in [0.2, 0.25) is 12.7 Å². The number of benzene rings is 1. The number of aromatic nitrogens is 5. The van der Waals surface area contributed by atoms with E-state index in [9.17, 15) is 0 Å². The average molecular weight is 403 g/mol. The van der Waals surface area contributed by atoms with Gasteiger partial charge in [0, 0.05) is 12.3 Å². The largest absolute Gasteiger partial charge is 0.250 e. The lowest BCUT2D eigenvalue weighted by Crippen LogP contribution is -2.34. The molecule has 5 rings (SSSR count). The Labute approximate surface area is 172 Å². The fourth-order valence-corrected chi connectivity index (χ4v) is 6.17. The van der Waals surface area contributed by atoms with E-state index in [2.05, 4.69) is 104 Å². The minimum Gasteiger partial charge on any atom is -0.250 e. The molecule has 3 aromatic heterocycles. The minimum atomic E-state index is -0.199. The molecule has 0 fully saturated rings. The molecule has 0 amide bonds. The van der Waals surface area contributed by atoms with E-state index >= 15 is 0 Å². The van der Waals surface area contributed by atoms with Gasteiger partial charge in [-0.25, -0.2) is 23.3 Å². The second-order valence-electron chi connectivity index (χ2n) is 7.59. The predicted octanol–water partition coefficient (Wildman–Crippen LogP) is 2.18. The van der Waals surface area contributed by atoms with E-state index in [1.807, 2.05) is 0 Å². The molecule has 6 bridgehead atoms. The maximum atomic E-state index is 4.86. The molecule has 0 radical (unpaired) electrons. The highest BCUT2D eigenvalue weighted by Gasteiger charge is 2.16. The molecule has 29 heavy (non-hydrogen) atoms. The Morgan fingerprint density at radius 3 is 1.90 bits per heavy atom. The summed E-state index contributed by atoms with van der Waals surface area (Å²) in [7, 11) is -0.199. The van der Waals surface area contributed by atoms with E-state index in [-0.39, 0.29) is 7.92 Å². The molecule has 0 saturated carbocycles. The highest BCUT2D eigenvalue weighted by molar-refractivity contribution is 7.65. The summed E-state index contributed by atoms with van der Waals surface area (Å²) in [6.45, 7) is 3.71. The van der Waals surface area contributed by atoms with E-state index < -0.39 is 0 Å². The van der Waals surface area contributed by atoms with Crippen molar-refractivity contribution in [3.8, 4) is 0 Å². The predicted molar refractivity (Wildman–Crippen MR) is 114 cm³/mol. The number of rotatable bonds is 1. The molecule has 0 atom stereocenters. The molecule has 146 valence electrons. The third-order valence-corrected chi connectivity index (χ3v) is 7.93. The van der Waals surface area contributed by atoms with E-state index in [0.29, 0.717) is 0 Å². The highest BCUT2D eigenvalue weighted by Crippen LogP contribution is 2.34. The van der Waals surface area contributed by atoms with Gasteiger partial charge in [-0.2, -0.15) is 0 Å². The van der Waals surface area contributed by atoms with Crippen molar-refractivity contribution in [3.63, 3.8) is 0 Å². The molecule has 6 heteroatoms. The summed E-state index contributed by atoms with van der Waals surface area (Å²) in [5.74, 6) is 0. The third-order valence-electron chi connectivity index (χ3n) is 5.42. The maximum absolute atomic E-state index is 4.86. The van der Waals surface area contributed by atoms with Crippen LogP contribution in [0.15, 0.2) is 86.0 Å². The van der Waals surface area contributed by atoms with Crippen LogP contribution in [0.5, 0.6) is 0 Å². The van der Waals surface area contributed by atoms with Gasteiger partial charge in [-0.05, 0) is 17.4 Å². The van der Waals surface area contributed by atoms with Crippen LogP contribution in [0.3, 0.4) is 0 Å². The molecule has 1 aliphatic rings. The molecule has 0 N–H and O–H groups in total. The molecule has 1 aromatic carbocycles. The van der Waals surface area contributed by atoms with Crippen LogP contribution in [0.2, 0.25) is 0 Å². The first-order chi connectivity index (χ1) is 14.3. The summed E-state index contributed by atoms with van der Waals surface area (Å²) in [5.41, 5.74) is 2.20. The number of imidazole rings is 2. The fourth-order valence-electron chi connectivity index (χ4n) is 3.89. The molecule has 5 nitrogen and oxygen atoms in total. The van der Waals surface area contributed by atoms with Gasteiger partial charge in [0.1, 0.15) is 37.9 Å². The van der Waals surface area contributed by atoms with Gasteiger partial charge < -0.3 is 0 Å². The summed E-state index contributed by atoms with van der Waals surface area (Å²) in [6, 6.07) is 17.4. The van der Waals surface area contributed by atoms with E-state index in [0.717, 1.165) is 37.6 Å². The van der Waals surface area contributed by atoms with Gasteiger partial charge in [-0.15, -0.1) is 0 Å². The van der Waals surface area contributed by atoms with Crippen LogP contribution in [-0.4, -0.2) is 26.4 Å². The fraction of sp³-hybridized carbons (Fsp3) is 0.261. The molecule has 0 spiro atoms. The van der Waals surface area contributed by atoms with Crippen molar-refractivity contribution in [2.24, 2.45) is 0 Å². The van der Waals surface area contributed by atoms with Crippen LogP contribution in [0, 0.1) is 0 Å². The third kappa shape index (κ3) is 4.46. The second kappa shape index (κ2) is 8.30. The first kappa shape index (κ1) is 18.3. The Balaban J connectivity index is 1.46. The average Bonchev–Trinajstić information content (AvgIpc) is 3.38. The lowest BCUT2D eigenvalue weighted by atomic mass is 10.3. The zero-order valence-corrected chi connectivity index (χ0v) is 17.4. The molecule has 0 unspecified atom stereocenters. The Hall–Kier alpha value is -2.78. The second-order valence-corrected chi connectivity index (χ2v) is 10.1. The highest BCUT2D eigenvalue weighted by atomic mass is 31.1. The standard InChI is InChI=1S/C23H26N5P/c1-2-7-23(8-3-1)29-15-13-25-9-11-27(19-25)17-21-5-4-6-22(24-21)18-28-12-10-26(20-28)14-16-29/h1-12,19-20H,13-18H2/q+2. The van der Waals surface area contributed by atoms with Crippen molar-refractivity contribution in [2.75, 3.05) is 12.3 Å². The van der Waals surface area contributed by atoms with E-state index in [1.165, 1.54) is 17.6 Å². The number of fused-ring (bicyclic) bond motifs is 6. The number of hydrogen-bond acceptors (Lipinski definition) is 1. The molecule has 0 aliphatic carbocycles. The Morgan fingerprint density at radius 2 is 1.31 bits per heavy atom. The van der Waals surface area contributed by atoms with Gasteiger partial charge in [0.25, 0.3) is 0 Å². The van der Waals surface area contributed by atoms with Gasteiger partial charge in [-0.3, -0.25) is 0 Å². The Morgan fingerprint density at radius 1 is 0.724 bits per heavy atom. The minimum absolute atomic E-state index is 0.199. The summed E-state index contributed by atoms with van der Waals surface area (Å²) >= 11 is 0. The van der Waals surface area contributed by atoms with Gasteiger partial charge in [0.15, 0.2) is 0 Å². The van der Waals surface area contributed by atoms with Crippen molar-refractivity contribution < 1.29 is 9.13 Å². The van der Waals surface area contributed by atoms with Crippen molar-refractivity contribution >= 4 is 13.2 Å². The van der Waals surface area contributed by atoms with Crippen molar-refractivity contribution in [3.05, 3.63) is 97.4 Å². The van der Waals surface area contributed by atoms with E-state index in [4.69, 9.17) is 4.98 Å². The zero-order valence-electron chi connectivity index (χ0n) is 16.5. The van der Waals surface area contributed by atoms with Gasteiger partial charge in [0.05, 0.1) is 24.5 Å². The van der Waals surface area contributed by atoms with Crippen LogP contribution >= 0.6 is 7.92 Å². The van der Waals surface area contributed by atoms with Crippen LogP contribution in [0.4, 0.5) is 0 Å². The number of nitrogens with zero attached hydrogens (tertiary/aromatic N) is 5. The molecule has 4 aromatic rings. The summed E-state index contributed by atoms with van der Waals surface area (Å²) in [6.07, 6.45) is 15.5. The van der Waals surface area contributed by atoms with Crippen LogP contribution in [0.1, 0.15) is 11.4 Å². The smallest absolute Gasteiger partial charge is 0.244 e. The van der Waals surface area contributed by atoms with Crippen LogP contribution < -0.4 is 14.4 Å². The lowest BCUT2D eigenvalue weighted by Gasteiger charge is -2.16. The number of pyridine rings is 1. The molecule has 0 saturated heterocycles.